The van der Waals surface area contributed by atoms with E-state index in [9.17, 15) is 20.2 Å². The molecule has 0 bridgehead atoms. The van der Waals surface area contributed by atoms with Crippen LogP contribution in [0.2, 0.25) is 0 Å². The average molecular weight is 399 g/mol. The molecule has 3 aromatic carbocycles. The van der Waals surface area contributed by atoms with Gasteiger partial charge in [-0.2, -0.15) is 5.26 Å². The molecule has 0 aromatic heterocycles. The van der Waals surface area contributed by atoms with Gasteiger partial charge in [-0.3, -0.25) is 14.9 Å². The number of rotatable bonds is 7. The summed E-state index contributed by atoms with van der Waals surface area (Å²) in [5.41, 5.74) is 1.26. The van der Waals surface area contributed by atoms with Crippen molar-refractivity contribution in [3.8, 4) is 11.8 Å². The molecule has 0 aliphatic heterocycles. The molecule has 0 atom stereocenters. The molecule has 148 valence electrons. The van der Waals surface area contributed by atoms with Gasteiger partial charge in [0.1, 0.15) is 24.0 Å². The van der Waals surface area contributed by atoms with Crippen molar-refractivity contribution in [1.29, 1.82) is 5.26 Å². The molecule has 0 heterocycles. The number of amides is 1. The second kappa shape index (κ2) is 9.66. The summed E-state index contributed by atoms with van der Waals surface area (Å²) in [5.74, 6) is -0.0265. The van der Waals surface area contributed by atoms with Crippen LogP contribution >= 0.6 is 0 Å². The van der Waals surface area contributed by atoms with Crippen molar-refractivity contribution in [2.75, 3.05) is 5.32 Å². The highest BCUT2D eigenvalue weighted by Crippen LogP contribution is 2.22. The fraction of sp³-hybridized carbons (Fsp3) is 0.0435. The Morgan fingerprint density at radius 1 is 1.03 bits per heavy atom. The van der Waals surface area contributed by atoms with Crippen molar-refractivity contribution in [3.63, 3.8) is 0 Å². The van der Waals surface area contributed by atoms with E-state index in [1.807, 2.05) is 30.3 Å². The Balaban J connectivity index is 1.67. The maximum Gasteiger partial charge on any atom is 0.276 e. The minimum atomic E-state index is -0.659. The van der Waals surface area contributed by atoms with E-state index < -0.39 is 10.8 Å². The normalized spacial score (nSPS) is 10.7. The van der Waals surface area contributed by atoms with Crippen molar-refractivity contribution in [2.45, 2.75) is 6.61 Å². The number of benzene rings is 3. The van der Waals surface area contributed by atoms with Crippen LogP contribution in [0.25, 0.3) is 6.08 Å². The Hall–Kier alpha value is -4.44. The molecule has 0 saturated carbocycles. The molecule has 1 N–H and O–H groups in total. The molecule has 0 aliphatic rings. The van der Waals surface area contributed by atoms with Crippen molar-refractivity contribution in [2.24, 2.45) is 0 Å². The molecule has 7 nitrogen and oxygen atoms in total. The van der Waals surface area contributed by atoms with Crippen molar-refractivity contribution < 1.29 is 14.5 Å². The molecular weight excluding hydrogens is 382 g/mol. The molecule has 1 amide bonds. The molecule has 3 rings (SSSR count). The van der Waals surface area contributed by atoms with Crippen LogP contribution in [-0.2, 0) is 11.4 Å². The zero-order valence-electron chi connectivity index (χ0n) is 15.8. The van der Waals surface area contributed by atoms with Gasteiger partial charge in [0.25, 0.3) is 11.6 Å². The van der Waals surface area contributed by atoms with Gasteiger partial charge in [0.15, 0.2) is 0 Å². The van der Waals surface area contributed by atoms with Crippen LogP contribution in [0.3, 0.4) is 0 Å². The van der Waals surface area contributed by atoms with Crippen LogP contribution in [0.4, 0.5) is 11.4 Å². The monoisotopic (exact) mass is 399 g/mol. The quantitative estimate of drug-likeness (QED) is 0.268. The van der Waals surface area contributed by atoms with Gasteiger partial charge in [0.05, 0.1) is 10.5 Å². The van der Waals surface area contributed by atoms with Crippen LogP contribution in [0.1, 0.15) is 11.1 Å². The van der Waals surface area contributed by atoms with E-state index >= 15 is 0 Å². The van der Waals surface area contributed by atoms with Crippen molar-refractivity contribution in [1.82, 2.24) is 0 Å². The maximum absolute atomic E-state index is 12.4. The molecule has 0 fully saturated rings. The van der Waals surface area contributed by atoms with Crippen LogP contribution in [0.5, 0.6) is 5.75 Å². The lowest BCUT2D eigenvalue weighted by Gasteiger charge is -2.08. The fourth-order valence-electron chi connectivity index (χ4n) is 2.65. The number of hydrogen-bond donors (Lipinski definition) is 1. The van der Waals surface area contributed by atoms with Gasteiger partial charge in [-0.05, 0) is 42.0 Å². The lowest BCUT2D eigenvalue weighted by atomic mass is 10.1. The summed E-state index contributed by atoms with van der Waals surface area (Å²) in [6.45, 7) is 0.420. The number of para-hydroxylation sites is 1. The summed E-state index contributed by atoms with van der Waals surface area (Å²) in [6, 6.07) is 24.1. The number of ether oxygens (including phenoxy) is 1. The third-order valence-electron chi connectivity index (χ3n) is 4.16. The Labute approximate surface area is 173 Å². The maximum atomic E-state index is 12.4. The minimum absolute atomic E-state index is 0.179. The number of carbonyl (C=O) groups is 1. The van der Waals surface area contributed by atoms with Gasteiger partial charge >= 0.3 is 0 Å². The molecule has 0 saturated heterocycles. The Morgan fingerprint density at radius 2 is 1.70 bits per heavy atom. The topological polar surface area (TPSA) is 105 Å². The second-order valence-electron chi connectivity index (χ2n) is 6.24. The zero-order valence-corrected chi connectivity index (χ0v) is 15.8. The van der Waals surface area contributed by atoms with Crippen molar-refractivity contribution >= 4 is 23.4 Å². The number of nitriles is 1. The molecule has 3 aromatic rings. The summed E-state index contributed by atoms with van der Waals surface area (Å²) >= 11 is 0. The predicted octanol–water partition coefficient (Wildman–Crippen LogP) is 4.72. The Morgan fingerprint density at radius 3 is 2.37 bits per heavy atom. The van der Waals surface area contributed by atoms with E-state index in [1.165, 1.54) is 24.3 Å². The Kier molecular flexibility index (Phi) is 6.54. The number of nitro groups is 1. The van der Waals surface area contributed by atoms with Gasteiger partial charge in [0.2, 0.25) is 0 Å². The highest BCUT2D eigenvalue weighted by Gasteiger charge is 2.15. The van der Waals surface area contributed by atoms with E-state index in [2.05, 4.69) is 5.32 Å². The number of anilines is 1. The zero-order chi connectivity index (χ0) is 21.3. The van der Waals surface area contributed by atoms with E-state index in [0.717, 1.165) is 5.56 Å². The van der Waals surface area contributed by atoms with E-state index in [0.29, 0.717) is 18.0 Å². The standard InChI is InChI=1S/C23H17N3O4/c24-15-19(14-18-8-4-5-9-22(18)26(28)29)23(27)25-20-10-12-21(13-11-20)30-16-17-6-2-1-3-7-17/h1-14H,16H2,(H,25,27)/b19-14+. The first-order valence-corrected chi connectivity index (χ1v) is 9.00. The highest BCUT2D eigenvalue weighted by atomic mass is 16.6. The van der Waals surface area contributed by atoms with Gasteiger partial charge in [-0.15, -0.1) is 0 Å². The highest BCUT2D eigenvalue weighted by molar-refractivity contribution is 6.09. The SMILES string of the molecule is N#C/C(=C\c1ccccc1[N+](=O)[O-])C(=O)Nc1ccc(OCc2ccccc2)cc1. The summed E-state index contributed by atoms with van der Waals surface area (Å²) < 4.78 is 5.69. The third kappa shape index (κ3) is 5.30. The number of nitro benzene ring substituents is 1. The number of carbonyl (C=O) groups excluding carboxylic acids is 1. The van der Waals surface area contributed by atoms with Gasteiger partial charge in [0, 0.05) is 11.8 Å². The molecule has 30 heavy (non-hydrogen) atoms. The second-order valence-corrected chi connectivity index (χ2v) is 6.24. The summed E-state index contributed by atoms with van der Waals surface area (Å²) in [6.07, 6.45) is 1.20. The van der Waals surface area contributed by atoms with Crippen LogP contribution in [-0.4, -0.2) is 10.8 Å². The predicted molar refractivity (Wildman–Crippen MR) is 113 cm³/mol. The van der Waals surface area contributed by atoms with Crippen LogP contribution in [0.15, 0.2) is 84.4 Å². The number of hydrogen-bond acceptors (Lipinski definition) is 5. The first-order valence-electron chi connectivity index (χ1n) is 9.00. The van der Waals surface area contributed by atoms with Crippen LogP contribution < -0.4 is 10.1 Å². The molecule has 0 unspecified atom stereocenters. The minimum Gasteiger partial charge on any atom is -0.489 e. The summed E-state index contributed by atoms with van der Waals surface area (Å²) in [4.78, 5) is 23.0. The van der Waals surface area contributed by atoms with E-state index in [1.54, 1.807) is 36.4 Å². The van der Waals surface area contributed by atoms with Gasteiger partial charge < -0.3 is 10.1 Å². The summed E-state index contributed by atoms with van der Waals surface area (Å²) in [5, 5.41) is 23.0. The molecule has 0 spiro atoms. The van der Waals surface area contributed by atoms with E-state index in [-0.39, 0.29) is 16.8 Å². The lowest BCUT2D eigenvalue weighted by Crippen LogP contribution is -2.13. The number of nitrogens with zero attached hydrogens (tertiary/aromatic N) is 2. The smallest absolute Gasteiger partial charge is 0.276 e. The van der Waals surface area contributed by atoms with Crippen LogP contribution in [0, 0.1) is 21.4 Å². The Bertz CT molecular complexity index is 1120. The molecular formula is C23H17N3O4. The van der Waals surface area contributed by atoms with Crippen molar-refractivity contribution in [3.05, 3.63) is 106 Å². The fourth-order valence-corrected chi connectivity index (χ4v) is 2.65. The third-order valence-corrected chi connectivity index (χ3v) is 4.16. The molecule has 0 radical (unpaired) electrons. The van der Waals surface area contributed by atoms with E-state index in [4.69, 9.17) is 4.74 Å². The number of nitrogens with one attached hydrogen (secondary N) is 1. The molecule has 0 aliphatic carbocycles. The first-order chi connectivity index (χ1) is 14.6. The first kappa shape index (κ1) is 20.3. The summed E-state index contributed by atoms with van der Waals surface area (Å²) in [7, 11) is 0. The average Bonchev–Trinajstić information content (AvgIpc) is 2.77. The molecule has 7 heteroatoms. The largest absolute Gasteiger partial charge is 0.489 e. The van der Waals surface area contributed by atoms with Gasteiger partial charge in [-0.25, -0.2) is 0 Å². The lowest BCUT2D eigenvalue weighted by molar-refractivity contribution is -0.385. The van der Waals surface area contributed by atoms with Gasteiger partial charge in [-0.1, -0.05) is 42.5 Å².